The van der Waals surface area contributed by atoms with Gasteiger partial charge in [0.25, 0.3) is 5.78 Å². The highest BCUT2D eigenvalue weighted by Gasteiger charge is 2.22. The number of Topliss-reactive ketones (excluding diaryl/α,β-unsaturated/α-hetero) is 1. The van der Waals surface area contributed by atoms with E-state index >= 15 is 0 Å². The zero-order valence-electron chi connectivity index (χ0n) is 12.8. The molecule has 0 atom stereocenters. The Morgan fingerprint density at radius 1 is 1.17 bits per heavy atom. The predicted octanol–water partition coefficient (Wildman–Crippen LogP) is 3.87. The van der Waals surface area contributed by atoms with Gasteiger partial charge < -0.3 is 14.5 Å². The Balaban J connectivity index is 1.77. The van der Waals surface area contributed by atoms with Crippen molar-refractivity contribution < 1.29 is 19.1 Å². The molecule has 0 aliphatic carbocycles. The van der Waals surface area contributed by atoms with E-state index in [-0.39, 0.29) is 12.2 Å². The molecule has 0 aliphatic heterocycles. The third-order valence-corrected chi connectivity index (χ3v) is 4.12. The predicted molar refractivity (Wildman–Crippen MR) is 93.1 cm³/mol. The summed E-state index contributed by atoms with van der Waals surface area (Å²) in [7, 11) is 1.54. The van der Waals surface area contributed by atoms with Crippen molar-refractivity contribution in [2.24, 2.45) is 0 Å². The quantitative estimate of drug-likeness (QED) is 0.409. The zero-order chi connectivity index (χ0) is 17.1. The van der Waals surface area contributed by atoms with Crippen LogP contribution >= 0.6 is 15.9 Å². The lowest BCUT2D eigenvalue weighted by Crippen LogP contribution is -2.17. The van der Waals surface area contributed by atoms with Crippen molar-refractivity contribution in [1.82, 2.24) is 4.98 Å². The fourth-order valence-corrected chi connectivity index (χ4v) is 2.78. The average Bonchev–Trinajstić information content (AvgIpc) is 3.02. The number of methoxy groups -OCH3 is 1. The molecule has 2 aromatic carbocycles. The van der Waals surface area contributed by atoms with E-state index in [1.165, 1.54) is 13.3 Å². The molecule has 1 heterocycles. The van der Waals surface area contributed by atoms with Gasteiger partial charge in [0, 0.05) is 27.1 Å². The molecule has 0 saturated carbocycles. The molecule has 0 aliphatic rings. The number of rotatable bonds is 5. The highest BCUT2D eigenvalue weighted by Crippen LogP contribution is 2.24. The van der Waals surface area contributed by atoms with Crippen LogP contribution in [0.2, 0.25) is 0 Å². The smallest absolute Gasteiger partial charge is 0.380 e. The molecule has 0 fully saturated rings. The van der Waals surface area contributed by atoms with Gasteiger partial charge in [0.2, 0.25) is 0 Å². The van der Waals surface area contributed by atoms with Crippen molar-refractivity contribution in [3.8, 4) is 5.75 Å². The van der Waals surface area contributed by atoms with E-state index in [2.05, 4.69) is 20.9 Å². The van der Waals surface area contributed by atoms with Gasteiger partial charge in [-0.2, -0.15) is 0 Å². The van der Waals surface area contributed by atoms with Crippen LogP contribution in [0.1, 0.15) is 15.9 Å². The van der Waals surface area contributed by atoms with Crippen molar-refractivity contribution in [1.29, 1.82) is 0 Å². The molecule has 24 heavy (non-hydrogen) atoms. The minimum absolute atomic E-state index is 0.0271. The van der Waals surface area contributed by atoms with Crippen molar-refractivity contribution in [2.75, 3.05) is 7.11 Å². The maximum absolute atomic E-state index is 12.4. The third kappa shape index (κ3) is 3.19. The van der Waals surface area contributed by atoms with Gasteiger partial charge in [-0.1, -0.05) is 34.1 Å². The number of aromatic amines is 1. The average molecular weight is 388 g/mol. The SMILES string of the molecule is COc1ccccc1COC(=O)C(=O)c1c[nH]c2ccc(Br)cc12. The first-order valence-corrected chi connectivity index (χ1v) is 7.99. The fourth-order valence-electron chi connectivity index (χ4n) is 2.42. The number of halogens is 1. The number of aromatic nitrogens is 1. The van der Waals surface area contributed by atoms with E-state index in [0.29, 0.717) is 16.7 Å². The molecular weight excluding hydrogens is 374 g/mol. The van der Waals surface area contributed by atoms with Crippen LogP contribution in [0.15, 0.2) is 53.1 Å². The largest absolute Gasteiger partial charge is 0.496 e. The lowest BCUT2D eigenvalue weighted by atomic mass is 10.1. The zero-order valence-corrected chi connectivity index (χ0v) is 14.4. The highest BCUT2D eigenvalue weighted by atomic mass is 79.9. The molecular formula is C18H14BrNO4. The van der Waals surface area contributed by atoms with Crippen LogP contribution in [0.3, 0.4) is 0 Å². The minimum Gasteiger partial charge on any atom is -0.496 e. The first kappa shape index (κ1) is 16.3. The van der Waals surface area contributed by atoms with E-state index in [4.69, 9.17) is 9.47 Å². The van der Waals surface area contributed by atoms with Crippen LogP contribution in [0, 0.1) is 0 Å². The minimum atomic E-state index is -0.901. The first-order valence-electron chi connectivity index (χ1n) is 7.20. The monoisotopic (exact) mass is 387 g/mol. The number of para-hydroxylation sites is 1. The number of fused-ring (bicyclic) bond motifs is 1. The Morgan fingerprint density at radius 2 is 1.96 bits per heavy atom. The van der Waals surface area contributed by atoms with Gasteiger partial charge in [-0.25, -0.2) is 4.79 Å². The topological polar surface area (TPSA) is 68.4 Å². The Bertz CT molecular complexity index is 916. The second kappa shape index (κ2) is 6.88. The summed E-state index contributed by atoms with van der Waals surface area (Å²) in [5.41, 5.74) is 1.76. The van der Waals surface area contributed by atoms with Crippen LogP contribution in [0.5, 0.6) is 5.75 Å². The second-order valence-corrected chi connectivity index (χ2v) is 6.03. The summed E-state index contributed by atoms with van der Waals surface area (Å²) in [6, 6.07) is 12.6. The number of hydrogen-bond acceptors (Lipinski definition) is 4. The molecule has 0 radical (unpaired) electrons. The maximum atomic E-state index is 12.4. The Labute approximate surface area is 146 Å². The Hall–Kier alpha value is -2.60. The summed E-state index contributed by atoms with van der Waals surface area (Å²) in [4.78, 5) is 27.4. The lowest BCUT2D eigenvalue weighted by Gasteiger charge is -2.08. The van der Waals surface area contributed by atoms with Crippen molar-refractivity contribution in [3.63, 3.8) is 0 Å². The van der Waals surface area contributed by atoms with Gasteiger partial charge in [-0.3, -0.25) is 4.79 Å². The number of nitrogens with one attached hydrogen (secondary N) is 1. The van der Waals surface area contributed by atoms with Gasteiger partial charge in [0.15, 0.2) is 0 Å². The fraction of sp³-hybridized carbons (Fsp3) is 0.111. The highest BCUT2D eigenvalue weighted by molar-refractivity contribution is 9.10. The number of carbonyl (C=O) groups is 2. The van der Waals surface area contributed by atoms with Crippen LogP contribution in [-0.2, 0) is 16.1 Å². The molecule has 3 aromatic rings. The number of hydrogen-bond donors (Lipinski definition) is 1. The molecule has 1 aromatic heterocycles. The van der Waals surface area contributed by atoms with Gasteiger partial charge >= 0.3 is 5.97 Å². The van der Waals surface area contributed by atoms with Crippen LogP contribution < -0.4 is 4.74 Å². The van der Waals surface area contributed by atoms with Crippen LogP contribution in [0.4, 0.5) is 0 Å². The van der Waals surface area contributed by atoms with E-state index < -0.39 is 11.8 Å². The Kier molecular flexibility index (Phi) is 4.66. The normalized spacial score (nSPS) is 10.6. The van der Waals surface area contributed by atoms with Crippen molar-refractivity contribution in [3.05, 3.63) is 64.3 Å². The number of ether oxygens (including phenoxy) is 2. The first-order chi connectivity index (χ1) is 11.6. The molecule has 3 rings (SSSR count). The van der Waals surface area contributed by atoms with Crippen LogP contribution in [0.25, 0.3) is 10.9 Å². The number of esters is 1. The van der Waals surface area contributed by atoms with Crippen molar-refractivity contribution >= 4 is 38.6 Å². The summed E-state index contributed by atoms with van der Waals surface area (Å²) in [5.74, 6) is -0.982. The van der Waals surface area contributed by atoms with E-state index in [0.717, 1.165) is 9.99 Å². The Morgan fingerprint density at radius 3 is 2.75 bits per heavy atom. The molecule has 6 heteroatoms. The summed E-state index contributed by atoms with van der Waals surface area (Å²) in [6.07, 6.45) is 1.52. The summed E-state index contributed by atoms with van der Waals surface area (Å²) < 4.78 is 11.2. The number of H-pyrrole nitrogens is 1. The number of carbonyl (C=O) groups excluding carboxylic acids is 2. The van der Waals surface area contributed by atoms with Crippen molar-refractivity contribution in [2.45, 2.75) is 6.61 Å². The van der Waals surface area contributed by atoms with Gasteiger partial charge in [0.1, 0.15) is 12.4 Å². The molecule has 0 bridgehead atoms. The second-order valence-electron chi connectivity index (χ2n) is 5.11. The van der Waals surface area contributed by atoms with Gasteiger partial charge in [-0.05, 0) is 24.3 Å². The number of ketones is 1. The third-order valence-electron chi connectivity index (χ3n) is 3.63. The van der Waals surface area contributed by atoms with E-state index in [1.54, 1.807) is 18.2 Å². The van der Waals surface area contributed by atoms with E-state index in [1.807, 2.05) is 24.3 Å². The molecule has 122 valence electrons. The molecule has 0 saturated heterocycles. The molecule has 0 unspecified atom stereocenters. The number of benzene rings is 2. The summed E-state index contributed by atoms with van der Waals surface area (Å²) in [5, 5.41) is 0.670. The summed E-state index contributed by atoms with van der Waals surface area (Å²) >= 11 is 3.36. The molecule has 0 spiro atoms. The lowest BCUT2D eigenvalue weighted by molar-refractivity contribution is -0.139. The standard InChI is InChI=1S/C18H14BrNO4/c1-23-16-5-3-2-4-11(16)10-24-18(22)17(21)14-9-20-15-7-6-12(19)8-13(14)15/h2-9,20H,10H2,1H3. The van der Waals surface area contributed by atoms with Gasteiger partial charge in [0.05, 0.1) is 12.7 Å². The van der Waals surface area contributed by atoms with E-state index in [9.17, 15) is 9.59 Å². The summed E-state index contributed by atoms with van der Waals surface area (Å²) in [6.45, 7) is -0.0271. The molecule has 0 amide bonds. The van der Waals surface area contributed by atoms with Crippen LogP contribution in [-0.4, -0.2) is 23.8 Å². The molecule has 1 N–H and O–H groups in total. The van der Waals surface area contributed by atoms with Gasteiger partial charge in [-0.15, -0.1) is 0 Å². The maximum Gasteiger partial charge on any atom is 0.380 e. The molecule has 5 nitrogen and oxygen atoms in total.